The fourth-order valence-electron chi connectivity index (χ4n) is 3.70. The Bertz CT molecular complexity index is 960. The topological polar surface area (TPSA) is 49.6 Å². The molecule has 0 unspecified atom stereocenters. The monoisotopic (exact) mass is 363 g/mol. The summed E-state index contributed by atoms with van der Waals surface area (Å²) < 4.78 is 5.38. The number of fused-ring (bicyclic) bond motifs is 1. The molecule has 0 spiro atoms. The molecule has 140 valence electrons. The van der Waals surface area contributed by atoms with Gasteiger partial charge in [0.05, 0.1) is 0 Å². The van der Waals surface area contributed by atoms with E-state index < -0.39 is 0 Å². The lowest BCUT2D eigenvalue weighted by molar-refractivity contribution is 0.128. The summed E-state index contributed by atoms with van der Waals surface area (Å²) in [5.41, 5.74) is 3.73. The Morgan fingerprint density at radius 1 is 1.04 bits per heavy atom. The summed E-state index contributed by atoms with van der Waals surface area (Å²) in [5, 5.41) is 1.04. The molecule has 1 saturated heterocycles. The van der Waals surface area contributed by atoms with Gasteiger partial charge < -0.3 is 9.32 Å². The molecule has 1 aliphatic rings. The minimum atomic E-state index is -0.267. The van der Waals surface area contributed by atoms with Gasteiger partial charge in [0.2, 0.25) is 0 Å². The molecular formula is C22H25N3O2. The molecule has 3 aromatic rings. The Morgan fingerprint density at radius 2 is 1.85 bits per heavy atom. The number of rotatable bonds is 5. The Morgan fingerprint density at radius 3 is 2.63 bits per heavy atom. The van der Waals surface area contributed by atoms with Crippen LogP contribution in [0.15, 0.2) is 57.9 Å². The Hall–Kier alpha value is -2.50. The van der Waals surface area contributed by atoms with E-state index in [1.54, 1.807) is 6.07 Å². The molecule has 27 heavy (non-hydrogen) atoms. The molecule has 1 aromatic carbocycles. The van der Waals surface area contributed by atoms with Crippen LogP contribution in [-0.4, -0.2) is 47.5 Å². The van der Waals surface area contributed by atoms with E-state index in [9.17, 15) is 4.79 Å². The van der Waals surface area contributed by atoms with Crippen molar-refractivity contribution in [2.45, 2.75) is 19.9 Å². The van der Waals surface area contributed by atoms with Crippen LogP contribution in [-0.2, 0) is 13.0 Å². The van der Waals surface area contributed by atoms with Gasteiger partial charge in [0, 0.05) is 69.0 Å². The van der Waals surface area contributed by atoms with Gasteiger partial charge in [-0.1, -0.05) is 18.2 Å². The van der Waals surface area contributed by atoms with Gasteiger partial charge >= 0.3 is 5.63 Å². The van der Waals surface area contributed by atoms with E-state index in [0.29, 0.717) is 5.58 Å². The summed E-state index contributed by atoms with van der Waals surface area (Å²) in [7, 11) is 0. The molecule has 4 rings (SSSR count). The van der Waals surface area contributed by atoms with E-state index in [1.165, 1.54) is 0 Å². The van der Waals surface area contributed by atoms with Gasteiger partial charge in [-0.05, 0) is 36.2 Å². The summed E-state index contributed by atoms with van der Waals surface area (Å²) in [6, 6.07) is 13.8. The van der Waals surface area contributed by atoms with Gasteiger partial charge in [0.15, 0.2) is 0 Å². The zero-order chi connectivity index (χ0) is 18.6. The van der Waals surface area contributed by atoms with E-state index >= 15 is 0 Å². The molecule has 0 N–H and O–H groups in total. The average Bonchev–Trinajstić information content (AvgIpc) is 2.68. The number of piperazine rings is 1. The second-order valence-corrected chi connectivity index (χ2v) is 7.28. The average molecular weight is 363 g/mol. The van der Waals surface area contributed by atoms with Crippen LogP contribution in [0.5, 0.6) is 0 Å². The quantitative estimate of drug-likeness (QED) is 0.653. The van der Waals surface area contributed by atoms with Crippen molar-refractivity contribution in [3.05, 3.63) is 75.9 Å². The summed E-state index contributed by atoms with van der Waals surface area (Å²) in [5.74, 6) is 0. The molecule has 1 aliphatic heterocycles. The van der Waals surface area contributed by atoms with Crippen LogP contribution in [0, 0.1) is 6.92 Å². The van der Waals surface area contributed by atoms with Crippen LogP contribution in [0.3, 0.4) is 0 Å². The maximum atomic E-state index is 11.9. The summed E-state index contributed by atoms with van der Waals surface area (Å²) in [4.78, 5) is 21.2. The van der Waals surface area contributed by atoms with Gasteiger partial charge in [-0.25, -0.2) is 4.79 Å². The summed E-state index contributed by atoms with van der Waals surface area (Å²) in [6.07, 6.45) is 2.85. The van der Waals surface area contributed by atoms with Crippen LogP contribution in [0.2, 0.25) is 0 Å². The number of aryl methyl sites for hydroxylation is 1. The fourth-order valence-corrected chi connectivity index (χ4v) is 3.70. The lowest BCUT2D eigenvalue weighted by atomic mass is 10.1. The number of pyridine rings is 1. The largest absolute Gasteiger partial charge is 0.423 e. The first-order valence-corrected chi connectivity index (χ1v) is 9.55. The second kappa shape index (κ2) is 8.03. The molecular weight excluding hydrogens is 338 g/mol. The highest BCUT2D eigenvalue weighted by atomic mass is 16.4. The summed E-state index contributed by atoms with van der Waals surface area (Å²) in [6.45, 7) is 7.96. The van der Waals surface area contributed by atoms with E-state index in [2.05, 4.69) is 33.0 Å². The SMILES string of the molecule is Cc1ccc2c(CN3CCN(CCc4ccccn4)CC3)cc(=O)oc2c1. The first-order valence-electron chi connectivity index (χ1n) is 9.55. The van der Waals surface area contributed by atoms with Gasteiger partial charge in [0.25, 0.3) is 0 Å². The van der Waals surface area contributed by atoms with Crippen LogP contribution in [0.25, 0.3) is 11.0 Å². The third-order valence-electron chi connectivity index (χ3n) is 5.25. The zero-order valence-corrected chi connectivity index (χ0v) is 15.7. The van der Waals surface area contributed by atoms with Crippen molar-refractivity contribution in [2.24, 2.45) is 0 Å². The molecule has 2 aromatic heterocycles. The Balaban J connectivity index is 1.37. The van der Waals surface area contributed by atoms with Crippen molar-refractivity contribution in [3.8, 4) is 0 Å². The van der Waals surface area contributed by atoms with Gasteiger partial charge in [0.1, 0.15) is 5.58 Å². The highest BCUT2D eigenvalue weighted by Gasteiger charge is 2.18. The van der Waals surface area contributed by atoms with Crippen LogP contribution in [0.1, 0.15) is 16.8 Å². The molecule has 0 atom stereocenters. The molecule has 3 heterocycles. The van der Waals surface area contributed by atoms with Gasteiger partial charge in [-0.3, -0.25) is 9.88 Å². The molecule has 0 aliphatic carbocycles. The number of benzene rings is 1. The maximum Gasteiger partial charge on any atom is 0.336 e. The Labute approximate surface area is 159 Å². The second-order valence-electron chi connectivity index (χ2n) is 7.28. The van der Waals surface area contributed by atoms with Crippen LogP contribution >= 0.6 is 0 Å². The highest BCUT2D eigenvalue weighted by molar-refractivity contribution is 5.80. The predicted octanol–water partition coefficient (Wildman–Crippen LogP) is 2.86. The fraction of sp³-hybridized carbons (Fsp3) is 0.364. The van der Waals surface area contributed by atoms with Crippen molar-refractivity contribution < 1.29 is 4.42 Å². The van der Waals surface area contributed by atoms with Crippen molar-refractivity contribution >= 4 is 11.0 Å². The molecule has 1 fully saturated rings. The number of hydrogen-bond donors (Lipinski definition) is 0. The standard InChI is InChI=1S/C22H25N3O2/c1-17-5-6-20-18(15-22(26)27-21(20)14-17)16-25-12-10-24(11-13-25)9-7-19-4-2-3-8-23-19/h2-6,8,14-15H,7,9-13,16H2,1H3. The maximum absolute atomic E-state index is 11.9. The normalized spacial score (nSPS) is 16.0. The molecule has 5 nitrogen and oxygen atoms in total. The van der Waals surface area contributed by atoms with Crippen LogP contribution < -0.4 is 5.63 Å². The first-order chi connectivity index (χ1) is 13.2. The lowest BCUT2D eigenvalue weighted by Crippen LogP contribution is -2.46. The highest BCUT2D eigenvalue weighted by Crippen LogP contribution is 2.20. The minimum Gasteiger partial charge on any atom is -0.423 e. The van der Waals surface area contributed by atoms with Crippen LogP contribution in [0.4, 0.5) is 0 Å². The molecule has 0 saturated carbocycles. The Kier molecular flexibility index (Phi) is 5.32. The number of nitrogens with zero attached hydrogens (tertiary/aromatic N) is 3. The molecule has 0 bridgehead atoms. The van der Waals surface area contributed by atoms with Crippen molar-refractivity contribution in [3.63, 3.8) is 0 Å². The number of aromatic nitrogens is 1. The van der Waals surface area contributed by atoms with E-state index in [-0.39, 0.29) is 5.63 Å². The lowest BCUT2D eigenvalue weighted by Gasteiger charge is -2.34. The third kappa shape index (κ3) is 4.43. The predicted molar refractivity (Wildman–Crippen MR) is 107 cm³/mol. The van der Waals surface area contributed by atoms with Gasteiger partial charge in [-0.15, -0.1) is 0 Å². The van der Waals surface area contributed by atoms with E-state index in [0.717, 1.165) is 67.9 Å². The third-order valence-corrected chi connectivity index (χ3v) is 5.25. The smallest absolute Gasteiger partial charge is 0.336 e. The first kappa shape index (κ1) is 17.9. The summed E-state index contributed by atoms with van der Waals surface area (Å²) >= 11 is 0. The van der Waals surface area contributed by atoms with Crippen molar-refractivity contribution in [1.82, 2.24) is 14.8 Å². The molecule has 5 heteroatoms. The van der Waals surface area contributed by atoms with E-state index in [4.69, 9.17) is 4.42 Å². The van der Waals surface area contributed by atoms with Crippen molar-refractivity contribution in [2.75, 3.05) is 32.7 Å². The number of hydrogen-bond acceptors (Lipinski definition) is 5. The van der Waals surface area contributed by atoms with E-state index in [1.807, 2.05) is 31.3 Å². The van der Waals surface area contributed by atoms with Gasteiger partial charge in [-0.2, -0.15) is 0 Å². The van der Waals surface area contributed by atoms with Crippen molar-refractivity contribution in [1.29, 1.82) is 0 Å². The molecule has 0 amide bonds. The molecule has 0 radical (unpaired) electrons. The minimum absolute atomic E-state index is 0.267. The zero-order valence-electron chi connectivity index (χ0n) is 15.7.